The average Bonchev–Trinajstić information content (AvgIpc) is 3.09. The minimum absolute atomic E-state index is 0.101. The molecule has 2 saturated carbocycles. The number of para-hydroxylation sites is 2. The molecule has 0 aromatic heterocycles. The van der Waals surface area contributed by atoms with Gasteiger partial charge in [0.2, 0.25) is 0 Å². The second kappa shape index (κ2) is 16.8. The molecule has 3 aromatic rings. The first kappa shape index (κ1) is 36.5. The zero-order valence-electron chi connectivity index (χ0n) is 27.8. The first-order valence-electron chi connectivity index (χ1n) is 17.1. The lowest BCUT2D eigenvalue weighted by atomic mass is 9.77. The molecule has 0 amide bonds. The van der Waals surface area contributed by atoms with E-state index in [1.807, 2.05) is 30.3 Å². The summed E-state index contributed by atoms with van der Waals surface area (Å²) in [5, 5.41) is 8.15. The Labute approximate surface area is 302 Å². The molecule has 4 N–H and O–H groups in total. The van der Waals surface area contributed by atoms with Crippen molar-refractivity contribution in [1.82, 2.24) is 5.32 Å². The van der Waals surface area contributed by atoms with Crippen LogP contribution in [0.3, 0.4) is 0 Å². The van der Waals surface area contributed by atoms with Crippen LogP contribution in [0.2, 0.25) is 10.0 Å². The number of hydrogen-bond donors (Lipinski definition) is 3. The van der Waals surface area contributed by atoms with E-state index in [1.165, 1.54) is 26.2 Å². The monoisotopic (exact) mass is 757 g/mol. The van der Waals surface area contributed by atoms with Gasteiger partial charge in [0.15, 0.2) is 0 Å². The Hall–Kier alpha value is -2.78. The number of hydrogen-bond acceptors (Lipinski definition) is 7. The lowest BCUT2D eigenvalue weighted by Crippen LogP contribution is -2.45. The minimum Gasteiger partial charge on any atom is -0.462 e. The van der Waals surface area contributed by atoms with E-state index in [0.29, 0.717) is 44.6 Å². The summed E-state index contributed by atoms with van der Waals surface area (Å²) in [6, 6.07) is 16.7. The van der Waals surface area contributed by atoms with Crippen molar-refractivity contribution in [3.05, 3.63) is 85.8 Å². The molecule has 1 unspecified atom stereocenters. The Morgan fingerprint density at radius 1 is 1.00 bits per heavy atom. The molecule has 258 valence electrons. The maximum atomic E-state index is 13.3. The summed E-state index contributed by atoms with van der Waals surface area (Å²) in [5.74, 6) is -0.371. The maximum absolute atomic E-state index is 13.3. The number of nitrogens with two attached hydrogens (primary N) is 1. The highest BCUT2D eigenvalue weighted by atomic mass is 79.9. The number of esters is 2. The van der Waals surface area contributed by atoms with E-state index in [9.17, 15) is 9.59 Å². The van der Waals surface area contributed by atoms with Gasteiger partial charge in [-0.2, -0.15) is 0 Å². The van der Waals surface area contributed by atoms with Crippen LogP contribution < -0.4 is 16.4 Å². The molecular weight excluding hydrogens is 713 g/mol. The molecule has 48 heavy (non-hydrogen) atoms. The first-order valence-corrected chi connectivity index (χ1v) is 18.6. The molecule has 0 spiro atoms. The molecule has 0 bridgehead atoms. The van der Waals surface area contributed by atoms with Gasteiger partial charge < -0.3 is 25.8 Å². The van der Waals surface area contributed by atoms with Crippen LogP contribution in [0.4, 0.5) is 17.1 Å². The van der Waals surface area contributed by atoms with Crippen LogP contribution in [0.25, 0.3) is 0 Å². The summed E-state index contributed by atoms with van der Waals surface area (Å²) >= 11 is 16.5. The molecule has 3 aromatic carbocycles. The van der Waals surface area contributed by atoms with E-state index in [0.717, 1.165) is 61.8 Å². The number of nitrogen functional groups attached to an aromatic ring is 1. The molecule has 2 aliphatic rings. The summed E-state index contributed by atoms with van der Waals surface area (Å²) in [4.78, 5) is 25.5. The second-order valence-corrected chi connectivity index (χ2v) is 15.0. The Balaban J connectivity index is 1.20. The van der Waals surface area contributed by atoms with Gasteiger partial charge >= 0.3 is 11.9 Å². The number of carbonyl (C=O) groups excluding carboxylic acids is 2. The Bertz CT molecular complexity index is 1570. The number of benzene rings is 3. The summed E-state index contributed by atoms with van der Waals surface area (Å²) in [7, 11) is 0. The Morgan fingerprint density at radius 3 is 2.35 bits per heavy atom. The summed E-state index contributed by atoms with van der Waals surface area (Å²) in [6.07, 6.45) is 10.1. The van der Waals surface area contributed by atoms with Crippen LogP contribution in [-0.4, -0.2) is 24.1 Å². The number of rotatable bonds is 12. The molecular formula is C38H46BrCl2N3O4. The van der Waals surface area contributed by atoms with Gasteiger partial charge in [0.05, 0.1) is 33.6 Å². The fourth-order valence-electron chi connectivity index (χ4n) is 7.24. The van der Waals surface area contributed by atoms with Crippen molar-refractivity contribution in [2.24, 2.45) is 11.8 Å². The predicted molar refractivity (Wildman–Crippen MR) is 198 cm³/mol. The second-order valence-electron chi connectivity index (χ2n) is 13.3. The van der Waals surface area contributed by atoms with E-state index < -0.39 is 6.10 Å². The Morgan fingerprint density at radius 2 is 1.69 bits per heavy atom. The van der Waals surface area contributed by atoms with Crippen molar-refractivity contribution >= 4 is 68.1 Å². The van der Waals surface area contributed by atoms with Gasteiger partial charge in [0.1, 0.15) is 6.10 Å². The molecule has 0 heterocycles. The van der Waals surface area contributed by atoms with Gasteiger partial charge in [-0.1, -0.05) is 73.7 Å². The lowest BCUT2D eigenvalue weighted by molar-refractivity contribution is -0.150. The van der Waals surface area contributed by atoms with Crippen molar-refractivity contribution < 1.29 is 19.1 Å². The number of anilines is 3. The van der Waals surface area contributed by atoms with Crippen LogP contribution in [0.1, 0.15) is 106 Å². The number of halogens is 3. The summed E-state index contributed by atoms with van der Waals surface area (Å²) < 4.78 is 12.5. The van der Waals surface area contributed by atoms with E-state index >= 15 is 0 Å². The van der Waals surface area contributed by atoms with E-state index in [2.05, 4.69) is 33.5 Å². The van der Waals surface area contributed by atoms with Crippen LogP contribution in [-0.2, 0) is 20.8 Å². The summed E-state index contributed by atoms with van der Waals surface area (Å²) in [6.45, 7) is 4.62. The SMILES string of the molecule is CCC1(NCc2cc(C(=O)OCC3CCC(C(OC(C)=O)c4ccccc4Nc4c(Cl)cccc4Cl)CC3)cc(Br)c2N)CCCCC1. The van der Waals surface area contributed by atoms with E-state index in [-0.39, 0.29) is 29.3 Å². The highest BCUT2D eigenvalue weighted by molar-refractivity contribution is 9.10. The molecule has 10 heteroatoms. The molecule has 7 nitrogen and oxygen atoms in total. The van der Waals surface area contributed by atoms with E-state index in [1.54, 1.807) is 24.3 Å². The molecule has 1 atom stereocenters. The van der Waals surface area contributed by atoms with Crippen molar-refractivity contribution in [3.63, 3.8) is 0 Å². The largest absolute Gasteiger partial charge is 0.462 e. The molecule has 0 saturated heterocycles. The fraction of sp³-hybridized carbons (Fsp3) is 0.474. The predicted octanol–water partition coefficient (Wildman–Crippen LogP) is 10.6. The highest BCUT2D eigenvalue weighted by Crippen LogP contribution is 2.43. The quantitative estimate of drug-likeness (QED) is 0.125. The van der Waals surface area contributed by atoms with Gasteiger partial charge in [0.25, 0.3) is 0 Å². The van der Waals surface area contributed by atoms with Crippen molar-refractivity contribution in [2.45, 2.75) is 96.2 Å². The third-order valence-corrected chi connectivity index (χ3v) is 11.4. The van der Waals surface area contributed by atoms with Crippen molar-refractivity contribution in [2.75, 3.05) is 17.7 Å². The standard InChI is InChI=1S/C38H46BrCl2N3O4/c1-3-38(18-7-4-8-19-38)43-22-28-20-27(21-30(39)34(28)42)37(46)47-23-25-14-16-26(17-15-25)36(48-24(2)45)29-10-5-6-13-33(29)44-35-31(40)11-9-12-32(35)41/h5-6,9-13,20-21,25-26,36,43-44H,3-4,7-8,14-19,22-23,42H2,1-2H3. The Kier molecular flexibility index (Phi) is 12.7. The number of nitrogens with one attached hydrogen (secondary N) is 2. The van der Waals surface area contributed by atoms with Gasteiger partial charge in [0, 0.05) is 40.6 Å². The molecule has 2 aliphatic carbocycles. The van der Waals surface area contributed by atoms with Crippen LogP contribution in [0.15, 0.2) is 59.1 Å². The summed E-state index contributed by atoms with van der Waals surface area (Å²) in [5.41, 5.74) is 10.8. The van der Waals surface area contributed by atoms with Gasteiger partial charge in [-0.3, -0.25) is 4.79 Å². The number of ether oxygens (including phenoxy) is 2. The molecule has 0 aliphatic heterocycles. The molecule has 2 fully saturated rings. The smallest absolute Gasteiger partial charge is 0.338 e. The lowest BCUT2D eigenvalue weighted by Gasteiger charge is -2.38. The third kappa shape index (κ3) is 9.06. The highest BCUT2D eigenvalue weighted by Gasteiger charge is 2.33. The van der Waals surface area contributed by atoms with Gasteiger partial charge in [-0.25, -0.2) is 4.79 Å². The number of carbonyl (C=O) groups is 2. The zero-order chi connectivity index (χ0) is 34.3. The van der Waals surface area contributed by atoms with Crippen LogP contribution in [0.5, 0.6) is 0 Å². The van der Waals surface area contributed by atoms with Gasteiger partial charge in [-0.15, -0.1) is 0 Å². The minimum atomic E-state index is -0.449. The van der Waals surface area contributed by atoms with Crippen LogP contribution in [0, 0.1) is 11.8 Å². The molecule has 5 rings (SSSR count). The average molecular weight is 760 g/mol. The maximum Gasteiger partial charge on any atom is 0.338 e. The van der Waals surface area contributed by atoms with Crippen LogP contribution >= 0.6 is 39.1 Å². The van der Waals surface area contributed by atoms with Crippen molar-refractivity contribution in [3.8, 4) is 0 Å². The fourth-order valence-corrected chi connectivity index (χ4v) is 8.24. The zero-order valence-corrected chi connectivity index (χ0v) is 30.9. The van der Waals surface area contributed by atoms with E-state index in [4.69, 9.17) is 38.4 Å². The molecule has 0 radical (unpaired) electrons. The normalized spacial score (nSPS) is 19.7. The van der Waals surface area contributed by atoms with Crippen molar-refractivity contribution in [1.29, 1.82) is 0 Å². The first-order chi connectivity index (χ1) is 23.1. The van der Waals surface area contributed by atoms with Gasteiger partial charge in [-0.05, 0) is 103 Å². The topological polar surface area (TPSA) is 103 Å². The third-order valence-electron chi connectivity index (χ3n) is 10.1.